The average Bonchev–Trinajstić information content (AvgIpc) is 3.23. The van der Waals surface area contributed by atoms with Crippen LogP contribution in [0.25, 0.3) is 6.08 Å². The predicted octanol–water partition coefficient (Wildman–Crippen LogP) is 2.64. The van der Waals surface area contributed by atoms with Gasteiger partial charge in [-0.3, -0.25) is 9.36 Å². The van der Waals surface area contributed by atoms with Crippen LogP contribution in [0, 0.1) is 0 Å². The Labute approximate surface area is 218 Å². The molecule has 37 heavy (non-hydrogen) atoms. The minimum Gasteiger partial charge on any atom is -0.497 e. The Morgan fingerprint density at radius 2 is 1.84 bits per heavy atom. The number of carbonyl (C=O) groups is 1. The van der Waals surface area contributed by atoms with Gasteiger partial charge in [0.1, 0.15) is 5.75 Å². The second-order valence-corrected chi connectivity index (χ2v) is 9.78. The smallest absolute Gasteiger partial charge is 0.338 e. The number of aromatic nitrogens is 1. The highest BCUT2D eigenvalue weighted by molar-refractivity contribution is 7.07. The number of allylic oxidation sites excluding steroid dienone is 1. The molecule has 8 nitrogen and oxygen atoms in total. The maximum atomic E-state index is 13.7. The van der Waals surface area contributed by atoms with Gasteiger partial charge in [-0.2, -0.15) is 0 Å². The van der Waals surface area contributed by atoms with E-state index in [1.165, 1.54) is 11.3 Å². The fourth-order valence-electron chi connectivity index (χ4n) is 4.65. The summed E-state index contributed by atoms with van der Waals surface area (Å²) in [5.41, 5.74) is 3.54. The van der Waals surface area contributed by atoms with Crippen LogP contribution in [-0.4, -0.2) is 50.6 Å². The Bertz CT molecular complexity index is 1500. The van der Waals surface area contributed by atoms with Crippen molar-refractivity contribution in [1.82, 2.24) is 4.57 Å². The van der Waals surface area contributed by atoms with Gasteiger partial charge in [-0.15, -0.1) is 0 Å². The SMILES string of the molecule is CCOC(=O)C1=C(C)N=c2s/c(=C/c3ccc(N4CCOCC4)cc3)c(=O)n2[C@H]1c1ccc(OC)cc1. The van der Waals surface area contributed by atoms with E-state index in [1.54, 1.807) is 25.5 Å². The summed E-state index contributed by atoms with van der Waals surface area (Å²) in [6.45, 7) is 6.96. The number of esters is 1. The first-order chi connectivity index (χ1) is 18.0. The van der Waals surface area contributed by atoms with E-state index < -0.39 is 12.0 Å². The molecular weight excluding hydrogens is 490 g/mol. The first-order valence-corrected chi connectivity index (χ1v) is 13.1. The number of rotatable bonds is 6. The van der Waals surface area contributed by atoms with Crippen molar-refractivity contribution in [1.29, 1.82) is 0 Å². The number of morpholine rings is 1. The molecule has 0 bridgehead atoms. The third-order valence-corrected chi connectivity index (χ3v) is 7.50. The molecule has 0 amide bonds. The Kier molecular flexibility index (Phi) is 7.25. The van der Waals surface area contributed by atoms with Crippen molar-refractivity contribution >= 4 is 29.1 Å². The monoisotopic (exact) mass is 519 g/mol. The Hall–Kier alpha value is -3.69. The van der Waals surface area contributed by atoms with Crippen molar-refractivity contribution in [2.75, 3.05) is 44.9 Å². The molecule has 0 aliphatic carbocycles. The van der Waals surface area contributed by atoms with Gasteiger partial charge >= 0.3 is 5.97 Å². The zero-order chi connectivity index (χ0) is 25.9. The molecule has 2 aliphatic heterocycles. The van der Waals surface area contributed by atoms with Gasteiger partial charge in [-0.05, 0) is 55.3 Å². The first kappa shape index (κ1) is 25.0. The fourth-order valence-corrected chi connectivity index (χ4v) is 5.69. The Morgan fingerprint density at radius 1 is 1.14 bits per heavy atom. The molecule has 0 unspecified atom stereocenters. The molecular formula is C28H29N3O5S. The third-order valence-electron chi connectivity index (χ3n) is 6.52. The first-order valence-electron chi connectivity index (χ1n) is 12.3. The van der Waals surface area contributed by atoms with Gasteiger partial charge in [0.2, 0.25) is 0 Å². The molecule has 9 heteroatoms. The van der Waals surface area contributed by atoms with E-state index in [-0.39, 0.29) is 12.2 Å². The lowest BCUT2D eigenvalue weighted by atomic mass is 9.96. The summed E-state index contributed by atoms with van der Waals surface area (Å²) >= 11 is 1.32. The minimum atomic E-state index is -0.646. The maximum absolute atomic E-state index is 13.7. The quantitative estimate of drug-likeness (QED) is 0.466. The number of carbonyl (C=O) groups excluding carboxylic acids is 1. The van der Waals surface area contributed by atoms with Crippen molar-refractivity contribution in [3.8, 4) is 5.75 Å². The van der Waals surface area contributed by atoms with Crippen LogP contribution in [0.1, 0.15) is 31.0 Å². The third kappa shape index (κ3) is 4.97. The highest BCUT2D eigenvalue weighted by Crippen LogP contribution is 2.31. The van der Waals surface area contributed by atoms with Crippen LogP contribution in [0.5, 0.6) is 5.75 Å². The standard InChI is InChI=1S/C28H29N3O5S/c1-4-36-27(33)24-18(2)29-28-31(25(24)20-7-11-22(34-3)12-8-20)26(32)23(37-28)17-19-5-9-21(10-6-19)30-13-15-35-16-14-30/h5-12,17,25H,4,13-16H2,1-3H3/b23-17+/t25-/m0/s1. The van der Waals surface area contributed by atoms with Crippen LogP contribution in [0.4, 0.5) is 5.69 Å². The van der Waals surface area contributed by atoms with Gasteiger partial charge < -0.3 is 19.1 Å². The van der Waals surface area contributed by atoms with Gasteiger partial charge in [0.25, 0.3) is 5.56 Å². The largest absolute Gasteiger partial charge is 0.497 e. The second-order valence-electron chi connectivity index (χ2n) is 8.77. The minimum absolute atomic E-state index is 0.198. The van der Waals surface area contributed by atoms with Gasteiger partial charge in [-0.1, -0.05) is 35.6 Å². The number of nitrogens with zero attached hydrogens (tertiary/aromatic N) is 3. The molecule has 3 aromatic rings. The van der Waals surface area contributed by atoms with Gasteiger partial charge in [0.15, 0.2) is 4.80 Å². The molecule has 1 saturated heterocycles. The van der Waals surface area contributed by atoms with Crippen molar-refractivity contribution in [3.63, 3.8) is 0 Å². The van der Waals surface area contributed by atoms with E-state index in [0.717, 1.165) is 43.1 Å². The molecule has 1 fully saturated rings. The van der Waals surface area contributed by atoms with Crippen molar-refractivity contribution < 1.29 is 19.0 Å². The number of ether oxygens (including phenoxy) is 3. The van der Waals surface area contributed by atoms with Crippen LogP contribution in [0.15, 0.2) is 69.6 Å². The molecule has 192 valence electrons. The van der Waals surface area contributed by atoms with Crippen molar-refractivity contribution in [3.05, 3.63) is 90.6 Å². The molecule has 2 aliphatic rings. The molecule has 0 N–H and O–H groups in total. The Balaban J connectivity index is 1.58. The van der Waals surface area contributed by atoms with E-state index in [9.17, 15) is 9.59 Å². The summed E-state index contributed by atoms with van der Waals surface area (Å²) in [6.07, 6.45) is 1.88. The highest BCUT2D eigenvalue weighted by Gasteiger charge is 2.33. The average molecular weight is 520 g/mol. The lowest BCUT2D eigenvalue weighted by Gasteiger charge is -2.28. The topological polar surface area (TPSA) is 82.4 Å². The van der Waals surface area contributed by atoms with Crippen LogP contribution >= 0.6 is 11.3 Å². The normalized spacial score (nSPS) is 17.9. The molecule has 1 aromatic heterocycles. The predicted molar refractivity (Wildman–Crippen MR) is 143 cm³/mol. The van der Waals surface area contributed by atoms with Crippen LogP contribution in [0.3, 0.4) is 0 Å². The lowest BCUT2D eigenvalue weighted by Crippen LogP contribution is -2.39. The van der Waals surface area contributed by atoms with Crippen molar-refractivity contribution in [2.45, 2.75) is 19.9 Å². The van der Waals surface area contributed by atoms with Crippen LogP contribution in [0.2, 0.25) is 0 Å². The molecule has 1 atom stereocenters. The summed E-state index contributed by atoms with van der Waals surface area (Å²) in [7, 11) is 1.60. The summed E-state index contributed by atoms with van der Waals surface area (Å²) in [4.78, 5) is 34.2. The number of thiazole rings is 1. The van der Waals surface area contributed by atoms with Gasteiger partial charge in [-0.25, -0.2) is 9.79 Å². The highest BCUT2D eigenvalue weighted by atomic mass is 32.1. The number of methoxy groups -OCH3 is 1. The molecule has 2 aromatic carbocycles. The molecule has 0 spiro atoms. The maximum Gasteiger partial charge on any atom is 0.338 e. The second kappa shape index (κ2) is 10.7. The Morgan fingerprint density at radius 3 is 2.49 bits per heavy atom. The van der Waals surface area contributed by atoms with Crippen LogP contribution in [-0.2, 0) is 14.3 Å². The fraction of sp³-hybridized carbons (Fsp3) is 0.321. The lowest BCUT2D eigenvalue weighted by molar-refractivity contribution is -0.139. The number of hydrogen-bond acceptors (Lipinski definition) is 8. The molecule has 5 rings (SSSR count). The van der Waals surface area contributed by atoms with E-state index in [1.807, 2.05) is 42.5 Å². The van der Waals surface area contributed by atoms with E-state index in [4.69, 9.17) is 14.2 Å². The summed E-state index contributed by atoms with van der Waals surface area (Å²) in [5.74, 6) is 0.215. The van der Waals surface area contributed by atoms with Crippen LogP contribution < -0.4 is 24.5 Å². The molecule has 3 heterocycles. The van der Waals surface area contributed by atoms with E-state index in [0.29, 0.717) is 26.4 Å². The molecule has 0 radical (unpaired) electrons. The number of anilines is 1. The van der Waals surface area contributed by atoms with E-state index >= 15 is 0 Å². The van der Waals surface area contributed by atoms with E-state index in [2.05, 4.69) is 22.0 Å². The number of fused-ring (bicyclic) bond motifs is 1. The molecule has 0 saturated carbocycles. The van der Waals surface area contributed by atoms with Gasteiger partial charge in [0.05, 0.1) is 48.8 Å². The zero-order valence-electron chi connectivity index (χ0n) is 21.1. The number of hydrogen-bond donors (Lipinski definition) is 0. The summed E-state index contributed by atoms with van der Waals surface area (Å²) < 4.78 is 18.2. The number of benzene rings is 2. The summed E-state index contributed by atoms with van der Waals surface area (Å²) in [6, 6.07) is 14.9. The van der Waals surface area contributed by atoms with Gasteiger partial charge in [0, 0.05) is 18.8 Å². The zero-order valence-corrected chi connectivity index (χ0v) is 21.9. The van der Waals surface area contributed by atoms with Crippen molar-refractivity contribution in [2.24, 2.45) is 4.99 Å². The summed E-state index contributed by atoms with van der Waals surface area (Å²) in [5, 5.41) is 0.